The second-order valence-corrected chi connectivity index (χ2v) is 7.74. The Morgan fingerprint density at radius 1 is 1.07 bits per heavy atom. The molecule has 27 heavy (non-hydrogen) atoms. The predicted molar refractivity (Wildman–Crippen MR) is 106 cm³/mol. The van der Waals surface area contributed by atoms with Crippen molar-refractivity contribution < 1.29 is 9.59 Å². The van der Waals surface area contributed by atoms with Crippen LogP contribution in [-0.4, -0.2) is 23.3 Å². The number of para-hydroxylation sites is 1. The van der Waals surface area contributed by atoms with Gasteiger partial charge in [-0.05, 0) is 54.9 Å². The second kappa shape index (κ2) is 6.84. The van der Waals surface area contributed by atoms with Gasteiger partial charge < -0.3 is 10.2 Å². The quantitative estimate of drug-likeness (QED) is 0.840. The summed E-state index contributed by atoms with van der Waals surface area (Å²) in [5.74, 6) is -0.156. The summed E-state index contributed by atoms with van der Waals surface area (Å²) in [4.78, 5) is 28.2. The molecule has 0 unspecified atom stereocenters. The summed E-state index contributed by atoms with van der Waals surface area (Å²) in [7, 11) is 0. The van der Waals surface area contributed by atoms with Gasteiger partial charge in [-0.25, -0.2) is 0 Å². The minimum Gasteiger partial charge on any atom is -0.337 e. The summed E-state index contributed by atoms with van der Waals surface area (Å²) in [6, 6.07) is 14.3. The van der Waals surface area contributed by atoms with Gasteiger partial charge in [-0.15, -0.1) is 0 Å². The van der Waals surface area contributed by atoms with Crippen LogP contribution >= 0.6 is 0 Å². The van der Waals surface area contributed by atoms with E-state index in [0.29, 0.717) is 25.9 Å². The van der Waals surface area contributed by atoms with Crippen LogP contribution in [0, 0.1) is 12.3 Å². The summed E-state index contributed by atoms with van der Waals surface area (Å²) in [5, 5.41) is 3.09. The molecule has 1 heterocycles. The molecule has 4 nitrogen and oxygen atoms in total. The average Bonchev–Trinajstić information content (AvgIpc) is 3.50. The molecular formula is C23H26N2O2. The molecule has 1 saturated carbocycles. The molecule has 0 atom stereocenters. The van der Waals surface area contributed by atoms with Gasteiger partial charge in [0.15, 0.2) is 0 Å². The number of hydrogen-bond donors (Lipinski definition) is 1. The zero-order valence-corrected chi connectivity index (χ0v) is 16.0. The first-order valence-corrected chi connectivity index (χ1v) is 9.81. The first-order valence-electron chi connectivity index (χ1n) is 9.81. The van der Waals surface area contributed by atoms with Crippen molar-refractivity contribution in [1.29, 1.82) is 0 Å². The Balaban J connectivity index is 1.52. The Kier molecular flexibility index (Phi) is 4.50. The molecule has 0 radical (unpaired) electrons. The van der Waals surface area contributed by atoms with E-state index in [2.05, 4.69) is 24.4 Å². The molecule has 0 bridgehead atoms. The number of carbonyl (C=O) groups excluding carboxylic acids is 2. The first kappa shape index (κ1) is 17.8. The predicted octanol–water partition coefficient (Wildman–Crippen LogP) is 3.86. The third-order valence-electron chi connectivity index (χ3n) is 5.99. The van der Waals surface area contributed by atoms with Gasteiger partial charge in [0.1, 0.15) is 5.41 Å². The number of rotatable bonds is 4. The fourth-order valence-corrected chi connectivity index (χ4v) is 4.07. The lowest BCUT2D eigenvalue weighted by atomic mass is 9.96. The number of benzene rings is 2. The number of anilines is 1. The molecule has 1 aliphatic heterocycles. The Labute approximate surface area is 160 Å². The molecule has 0 saturated heterocycles. The maximum atomic E-state index is 13.2. The van der Waals surface area contributed by atoms with E-state index < -0.39 is 5.41 Å². The Bertz CT molecular complexity index is 899. The average molecular weight is 362 g/mol. The van der Waals surface area contributed by atoms with Crippen LogP contribution in [0.25, 0.3) is 0 Å². The van der Waals surface area contributed by atoms with Crippen molar-refractivity contribution in [2.45, 2.75) is 46.1 Å². The highest BCUT2D eigenvalue weighted by Gasteiger charge is 2.58. The molecular weight excluding hydrogens is 336 g/mol. The molecule has 1 fully saturated rings. The number of hydrogen-bond acceptors (Lipinski definition) is 2. The fourth-order valence-electron chi connectivity index (χ4n) is 4.07. The molecule has 2 aliphatic rings. The third-order valence-corrected chi connectivity index (χ3v) is 5.99. The van der Waals surface area contributed by atoms with Crippen molar-refractivity contribution in [3.63, 3.8) is 0 Å². The van der Waals surface area contributed by atoms with Gasteiger partial charge >= 0.3 is 0 Å². The molecule has 4 rings (SSSR count). The van der Waals surface area contributed by atoms with E-state index in [9.17, 15) is 9.59 Å². The van der Waals surface area contributed by atoms with E-state index in [1.807, 2.05) is 42.2 Å². The zero-order chi connectivity index (χ0) is 19.0. The van der Waals surface area contributed by atoms with Crippen LogP contribution in [0.2, 0.25) is 0 Å². The van der Waals surface area contributed by atoms with E-state index in [-0.39, 0.29) is 11.8 Å². The lowest BCUT2D eigenvalue weighted by Crippen LogP contribution is -2.45. The van der Waals surface area contributed by atoms with Crippen LogP contribution in [0.5, 0.6) is 0 Å². The van der Waals surface area contributed by atoms with Gasteiger partial charge in [-0.2, -0.15) is 0 Å². The molecule has 140 valence electrons. The van der Waals surface area contributed by atoms with Crippen LogP contribution < -0.4 is 5.32 Å². The number of nitrogens with zero attached hydrogens (tertiary/aromatic N) is 1. The first-order chi connectivity index (χ1) is 13.0. The van der Waals surface area contributed by atoms with Gasteiger partial charge in [0.25, 0.3) is 0 Å². The van der Waals surface area contributed by atoms with E-state index >= 15 is 0 Å². The highest BCUT2D eigenvalue weighted by Crippen LogP contribution is 2.49. The monoisotopic (exact) mass is 362 g/mol. The summed E-state index contributed by atoms with van der Waals surface area (Å²) < 4.78 is 0. The summed E-state index contributed by atoms with van der Waals surface area (Å²) >= 11 is 0. The molecule has 2 aromatic carbocycles. The van der Waals surface area contributed by atoms with Gasteiger partial charge in [-0.3, -0.25) is 9.59 Å². The highest BCUT2D eigenvalue weighted by atomic mass is 16.2. The van der Waals surface area contributed by atoms with Crippen LogP contribution in [0.15, 0.2) is 42.5 Å². The summed E-state index contributed by atoms with van der Waals surface area (Å²) in [5.41, 5.74) is 4.65. The highest BCUT2D eigenvalue weighted by molar-refractivity contribution is 6.13. The number of fused-ring (bicyclic) bond motifs is 1. The topological polar surface area (TPSA) is 49.4 Å². The van der Waals surface area contributed by atoms with Gasteiger partial charge in [-0.1, -0.05) is 49.4 Å². The Hall–Kier alpha value is -2.62. The number of carbonyl (C=O) groups is 2. The summed E-state index contributed by atoms with van der Waals surface area (Å²) in [6.07, 6.45) is 2.99. The van der Waals surface area contributed by atoms with E-state index in [1.165, 1.54) is 11.1 Å². The molecule has 1 aliphatic carbocycles. The van der Waals surface area contributed by atoms with Crippen LogP contribution in [-0.2, 0) is 29.0 Å². The zero-order valence-electron chi connectivity index (χ0n) is 16.0. The van der Waals surface area contributed by atoms with Gasteiger partial charge in [0.05, 0.1) is 0 Å². The van der Waals surface area contributed by atoms with Crippen molar-refractivity contribution in [1.82, 2.24) is 4.90 Å². The second-order valence-electron chi connectivity index (χ2n) is 7.74. The number of aryl methyl sites for hydroxylation is 2. The molecule has 0 spiro atoms. The standard InChI is InChI=1S/C23H26N2O2/c1-3-17-10-6-7-16(2)20(17)24-21(26)23(12-13-23)22(27)25-14-11-18-8-4-5-9-19(18)15-25/h4-10H,3,11-15H2,1-2H3,(H,24,26). The van der Waals surface area contributed by atoms with Crippen LogP contribution in [0.3, 0.4) is 0 Å². The van der Waals surface area contributed by atoms with Crippen LogP contribution in [0.1, 0.15) is 42.0 Å². The fraction of sp³-hybridized carbons (Fsp3) is 0.391. The van der Waals surface area contributed by atoms with Crippen molar-refractivity contribution in [3.05, 3.63) is 64.7 Å². The molecule has 2 amide bonds. The van der Waals surface area contributed by atoms with Crippen molar-refractivity contribution in [2.75, 3.05) is 11.9 Å². The van der Waals surface area contributed by atoms with E-state index in [4.69, 9.17) is 0 Å². The smallest absolute Gasteiger partial charge is 0.240 e. The maximum Gasteiger partial charge on any atom is 0.240 e. The van der Waals surface area contributed by atoms with E-state index in [1.54, 1.807) is 0 Å². The van der Waals surface area contributed by atoms with Crippen LogP contribution in [0.4, 0.5) is 5.69 Å². The van der Waals surface area contributed by atoms with Crippen molar-refractivity contribution in [2.24, 2.45) is 5.41 Å². The van der Waals surface area contributed by atoms with Gasteiger partial charge in [0, 0.05) is 18.8 Å². The lowest BCUT2D eigenvalue weighted by molar-refractivity contribution is -0.143. The molecule has 2 aromatic rings. The number of nitrogens with one attached hydrogen (secondary N) is 1. The Morgan fingerprint density at radius 3 is 2.52 bits per heavy atom. The Morgan fingerprint density at radius 2 is 1.81 bits per heavy atom. The molecule has 1 N–H and O–H groups in total. The van der Waals surface area contributed by atoms with Gasteiger partial charge in [0.2, 0.25) is 11.8 Å². The maximum absolute atomic E-state index is 13.2. The summed E-state index contributed by atoms with van der Waals surface area (Å²) in [6.45, 7) is 5.37. The van der Waals surface area contributed by atoms with Crippen molar-refractivity contribution >= 4 is 17.5 Å². The van der Waals surface area contributed by atoms with E-state index in [0.717, 1.165) is 29.7 Å². The van der Waals surface area contributed by atoms with Crippen molar-refractivity contribution in [3.8, 4) is 0 Å². The minimum absolute atomic E-state index is 0.0128. The molecule has 4 heteroatoms. The third kappa shape index (κ3) is 3.14. The number of amides is 2. The normalized spacial score (nSPS) is 17.2. The molecule has 0 aromatic heterocycles. The SMILES string of the molecule is CCc1cccc(C)c1NC(=O)C1(C(=O)N2CCc3ccccc3C2)CC1. The largest absolute Gasteiger partial charge is 0.337 e. The minimum atomic E-state index is -0.875. The lowest BCUT2D eigenvalue weighted by Gasteiger charge is -2.31.